The van der Waals surface area contributed by atoms with E-state index in [2.05, 4.69) is 0 Å². The summed E-state index contributed by atoms with van der Waals surface area (Å²) in [6.07, 6.45) is -2.72. The molecule has 0 bridgehead atoms. The van der Waals surface area contributed by atoms with E-state index in [0.29, 0.717) is 0 Å². The third-order valence-electron chi connectivity index (χ3n) is 1.25. The van der Waals surface area contributed by atoms with E-state index in [0.717, 1.165) is 0 Å². The van der Waals surface area contributed by atoms with Crippen LogP contribution in [0.2, 0.25) is 0 Å². The summed E-state index contributed by atoms with van der Waals surface area (Å²) in [5.41, 5.74) is -2.97. The van der Waals surface area contributed by atoms with Gasteiger partial charge < -0.3 is 34.8 Å². The van der Waals surface area contributed by atoms with Gasteiger partial charge in [0.1, 0.15) is 5.60 Å². The maximum atomic E-state index is 10.1. The average Bonchev–Trinajstić information content (AvgIpc) is 1.82. The Labute approximate surface area is 91.4 Å². The summed E-state index contributed by atoms with van der Waals surface area (Å²) in [5.74, 6) is -5.98. The second-order valence-corrected chi connectivity index (χ2v) is 2.42. The molecule has 0 saturated heterocycles. The first-order chi connectivity index (χ1) is 5.78. The Morgan fingerprint density at radius 1 is 1.00 bits per heavy atom. The third-order valence-corrected chi connectivity index (χ3v) is 1.25. The van der Waals surface area contributed by atoms with Crippen LogP contribution in [0.1, 0.15) is 12.8 Å². The summed E-state index contributed by atoms with van der Waals surface area (Å²) in [5, 5.41) is 38.9. The molecule has 0 amide bonds. The van der Waals surface area contributed by atoms with E-state index in [-0.39, 0.29) is 19.8 Å². The Balaban J connectivity index is 0. The van der Waals surface area contributed by atoms with Crippen LogP contribution in [0.3, 0.4) is 0 Å². The number of carboxylic acid groups (broad SMARTS) is 3. The number of hydrogen-bond acceptors (Lipinski definition) is 7. The van der Waals surface area contributed by atoms with Crippen molar-refractivity contribution < 1.29 is 34.8 Å². The van der Waals surface area contributed by atoms with E-state index >= 15 is 0 Å². The van der Waals surface area contributed by atoms with E-state index in [1.165, 1.54) is 0 Å². The number of aliphatic hydroxyl groups is 1. The van der Waals surface area contributed by atoms with Crippen LogP contribution in [0.25, 0.3) is 0 Å². The molecule has 0 aromatic carbocycles. The van der Waals surface area contributed by atoms with Crippen molar-refractivity contribution in [3.8, 4) is 0 Å². The molecule has 0 aliphatic carbocycles. The molecule has 0 unspecified atom stereocenters. The standard InChI is InChI=1S/C6H8O7.Ga/c7-3(8)1-6(13,5(11)12)2-4(9)10;/h13H,1-2H2,(H,7,8)(H,9,10)(H,11,12);/q;+3/p-3/i;1-2. The molecule has 0 spiro atoms. The molecule has 0 aliphatic heterocycles. The van der Waals surface area contributed by atoms with Crippen molar-refractivity contribution in [2.45, 2.75) is 18.4 Å². The predicted octanol–water partition coefficient (Wildman–Crippen LogP) is -5.63. The molecule has 74 valence electrons. The van der Waals surface area contributed by atoms with Crippen LogP contribution in [0, 0.1) is 0 Å². The topological polar surface area (TPSA) is 141 Å². The summed E-state index contributed by atoms with van der Waals surface area (Å²) < 4.78 is 0. The van der Waals surface area contributed by atoms with Crippen molar-refractivity contribution in [2.75, 3.05) is 0 Å². The zero-order valence-corrected chi connectivity index (χ0v) is 9.31. The average molecular weight is 257 g/mol. The molecular formula is C6H5GaO7. The van der Waals surface area contributed by atoms with E-state index < -0.39 is 36.4 Å². The van der Waals surface area contributed by atoms with Gasteiger partial charge in [-0.05, 0) is 0 Å². The van der Waals surface area contributed by atoms with Crippen LogP contribution in [-0.4, -0.2) is 48.4 Å². The molecule has 0 aliphatic rings. The molecule has 0 aromatic rings. The summed E-state index contributed by atoms with van der Waals surface area (Å²) in [6.45, 7) is 0. The number of carbonyl (C=O) groups excluding carboxylic acids is 3. The first-order valence-electron chi connectivity index (χ1n) is 3.11. The molecule has 0 atom stereocenters. The fraction of sp³-hybridized carbons (Fsp3) is 0.500. The third kappa shape index (κ3) is 4.89. The maximum Gasteiger partial charge on any atom is 3.00 e. The van der Waals surface area contributed by atoms with E-state index in [1.807, 2.05) is 0 Å². The molecule has 8 heteroatoms. The number of aliphatic carboxylic acids is 3. The van der Waals surface area contributed by atoms with E-state index in [1.54, 1.807) is 0 Å². The van der Waals surface area contributed by atoms with Crippen molar-refractivity contribution in [3.05, 3.63) is 0 Å². The zero-order chi connectivity index (χ0) is 10.6. The smallest absolute Gasteiger partial charge is 0.550 e. The van der Waals surface area contributed by atoms with Crippen molar-refractivity contribution in [1.82, 2.24) is 0 Å². The predicted molar refractivity (Wildman–Crippen MR) is 35.0 cm³/mol. The van der Waals surface area contributed by atoms with Gasteiger partial charge in [0.25, 0.3) is 0 Å². The van der Waals surface area contributed by atoms with Gasteiger partial charge in [-0.1, -0.05) is 0 Å². The first kappa shape index (κ1) is 15.5. The molecule has 0 saturated carbocycles. The zero-order valence-electron chi connectivity index (χ0n) is 6.89. The summed E-state index contributed by atoms with van der Waals surface area (Å²) in [6, 6.07) is 0. The molecule has 1 N–H and O–H groups in total. The largest absolute Gasteiger partial charge is 3.00 e. The number of carbonyl (C=O) groups is 3. The van der Waals surface area contributed by atoms with E-state index in [9.17, 15) is 29.7 Å². The Morgan fingerprint density at radius 2 is 1.29 bits per heavy atom. The summed E-state index contributed by atoms with van der Waals surface area (Å²) in [7, 11) is 0. The number of hydrogen-bond donors (Lipinski definition) is 1. The molecule has 14 heavy (non-hydrogen) atoms. The van der Waals surface area contributed by atoms with Crippen LogP contribution >= 0.6 is 0 Å². The van der Waals surface area contributed by atoms with Crippen LogP contribution in [0.15, 0.2) is 0 Å². The SMILES string of the molecule is O=C([O-])CC(O)(CC(=O)[O-])C(=O)[O-].[68Ga+3]. The van der Waals surface area contributed by atoms with Gasteiger partial charge in [0.05, 0.1) is 5.97 Å². The van der Waals surface area contributed by atoms with Crippen molar-refractivity contribution in [2.24, 2.45) is 0 Å². The fourth-order valence-electron chi connectivity index (χ4n) is 0.684. The van der Waals surface area contributed by atoms with Gasteiger partial charge in [-0.2, -0.15) is 0 Å². The van der Waals surface area contributed by atoms with Gasteiger partial charge in [0.2, 0.25) is 0 Å². The van der Waals surface area contributed by atoms with Crippen molar-refractivity contribution in [3.63, 3.8) is 0 Å². The van der Waals surface area contributed by atoms with Crippen molar-refractivity contribution >= 4 is 37.7 Å². The molecule has 0 radical (unpaired) electrons. The minimum Gasteiger partial charge on any atom is -0.550 e. The molecular weight excluding hydrogens is 252 g/mol. The van der Waals surface area contributed by atoms with Crippen LogP contribution < -0.4 is 15.3 Å². The van der Waals surface area contributed by atoms with Crippen molar-refractivity contribution in [1.29, 1.82) is 0 Å². The molecule has 0 aromatic heterocycles. The molecule has 0 fully saturated rings. The van der Waals surface area contributed by atoms with Gasteiger partial charge in [0, 0.05) is 24.8 Å². The first-order valence-corrected chi connectivity index (χ1v) is 3.11. The Hall–Kier alpha value is -0.994. The van der Waals surface area contributed by atoms with Gasteiger partial charge in [0.15, 0.2) is 0 Å². The molecule has 0 heterocycles. The quantitative estimate of drug-likeness (QED) is 0.484. The number of carboxylic acids is 3. The summed E-state index contributed by atoms with van der Waals surface area (Å²) >= 11 is 0. The molecule has 7 nitrogen and oxygen atoms in total. The van der Waals surface area contributed by atoms with E-state index in [4.69, 9.17) is 5.11 Å². The maximum absolute atomic E-state index is 10.1. The van der Waals surface area contributed by atoms with Gasteiger partial charge in [-0.3, -0.25) is 0 Å². The van der Waals surface area contributed by atoms with Gasteiger partial charge >= 0.3 is 19.8 Å². The second kappa shape index (κ2) is 5.68. The van der Waals surface area contributed by atoms with Gasteiger partial charge in [-0.15, -0.1) is 0 Å². The second-order valence-electron chi connectivity index (χ2n) is 2.42. The van der Waals surface area contributed by atoms with Crippen LogP contribution in [-0.2, 0) is 14.4 Å². The number of rotatable bonds is 5. The monoisotopic (exact) mass is 257 g/mol. The normalized spacial score (nSPS) is 10.1. The van der Waals surface area contributed by atoms with Gasteiger partial charge in [-0.25, -0.2) is 0 Å². The van der Waals surface area contributed by atoms with Crippen LogP contribution in [0.4, 0.5) is 0 Å². The molecule has 0 rings (SSSR count). The minimum absolute atomic E-state index is 0. The Kier molecular flexibility index (Phi) is 6.28. The Morgan fingerprint density at radius 3 is 1.43 bits per heavy atom. The van der Waals surface area contributed by atoms with Crippen LogP contribution in [0.5, 0.6) is 0 Å². The summed E-state index contributed by atoms with van der Waals surface area (Å²) in [4.78, 5) is 30.0. The fourth-order valence-corrected chi connectivity index (χ4v) is 0.684. The Bertz CT molecular complexity index is 233. The minimum atomic E-state index is -2.97.